The fraction of sp³-hybridized carbons (Fsp3) is 0.333. The van der Waals surface area contributed by atoms with Crippen LogP contribution >= 0.6 is 0 Å². The van der Waals surface area contributed by atoms with Crippen LogP contribution in [0.15, 0.2) is 73.2 Å². The van der Waals surface area contributed by atoms with Crippen molar-refractivity contribution in [2.75, 3.05) is 33.2 Å². The minimum atomic E-state index is -0.620. The van der Waals surface area contributed by atoms with Crippen molar-refractivity contribution < 1.29 is 18.4 Å². The number of piperazine rings is 1. The second-order valence-corrected chi connectivity index (χ2v) is 9.95. The Kier molecular flexibility index (Phi) is 19.2. The number of carbonyl (C=O) groups excluding carboxylic acids is 2. The van der Waals surface area contributed by atoms with Gasteiger partial charge in [-0.05, 0) is 68.3 Å². The quantitative estimate of drug-likeness (QED) is 0.121. The fourth-order valence-electron chi connectivity index (χ4n) is 4.20. The lowest BCUT2D eigenvalue weighted by Crippen LogP contribution is -2.42. The van der Waals surface area contributed by atoms with E-state index < -0.39 is 11.8 Å². The number of nitrogens with one attached hydrogen (secondary N) is 4. The van der Waals surface area contributed by atoms with Gasteiger partial charge in [0.25, 0.3) is 0 Å². The molecule has 0 radical (unpaired) electrons. The van der Waals surface area contributed by atoms with E-state index in [1.54, 1.807) is 36.1 Å². The number of amides is 2. The first kappa shape index (κ1) is 39.1. The van der Waals surface area contributed by atoms with Crippen LogP contribution in [0.3, 0.4) is 0 Å². The van der Waals surface area contributed by atoms with E-state index in [1.165, 1.54) is 61.0 Å². The van der Waals surface area contributed by atoms with Gasteiger partial charge >= 0.3 is 0 Å². The molecule has 1 saturated carbocycles. The highest BCUT2D eigenvalue weighted by atomic mass is 19.1. The molecule has 13 heteroatoms. The molecule has 2 amide bonds. The van der Waals surface area contributed by atoms with E-state index in [2.05, 4.69) is 46.7 Å². The summed E-state index contributed by atoms with van der Waals surface area (Å²) in [7, 11) is 2.05. The van der Waals surface area contributed by atoms with Gasteiger partial charge in [0.1, 0.15) is 11.3 Å². The highest BCUT2D eigenvalue weighted by molar-refractivity contribution is 6.30. The molecule has 46 heavy (non-hydrogen) atoms. The summed E-state index contributed by atoms with van der Waals surface area (Å²) >= 11 is 0. The summed E-state index contributed by atoms with van der Waals surface area (Å²) in [6.45, 7) is 12.4. The maximum absolute atomic E-state index is 13.2. The van der Waals surface area contributed by atoms with Crippen LogP contribution in [0.2, 0.25) is 0 Å². The molecule has 6 N–H and O–H groups in total. The Balaban J connectivity index is 0.000000471. The molecule has 1 aliphatic carbocycles. The molecule has 2 aliphatic rings. The number of allylic oxidation sites excluding steroid dienone is 6. The molecule has 0 spiro atoms. The molecule has 1 aliphatic heterocycles. The third-order valence-electron chi connectivity index (χ3n) is 6.74. The van der Waals surface area contributed by atoms with E-state index in [9.17, 15) is 13.6 Å². The van der Waals surface area contributed by atoms with Crippen molar-refractivity contribution in [2.24, 2.45) is 5.73 Å². The molecule has 2 aromatic heterocycles. The highest BCUT2D eigenvalue weighted by Gasteiger charge is 2.12. The van der Waals surface area contributed by atoms with E-state index in [4.69, 9.17) is 15.6 Å². The van der Waals surface area contributed by atoms with Gasteiger partial charge in [-0.25, -0.2) is 14.1 Å². The number of halogens is 2. The van der Waals surface area contributed by atoms with Crippen molar-refractivity contribution in [3.05, 3.63) is 95.9 Å². The molecule has 0 atom stereocenters. The monoisotopic (exact) mass is 637 g/mol. The summed E-state index contributed by atoms with van der Waals surface area (Å²) in [5, 5.41) is 27.0. The number of primary amides is 1. The second kappa shape index (κ2) is 22.6. The SMILES string of the molecule is C=C(F)/C=C\C(=C/C)C(=N)C(=C)c1ccc(=N)n(/C=C/c2ccnc(F)c2)n1.CNC1CCCC1.NC=O.O=CN1CCNCC1. The van der Waals surface area contributed by atoms with Crippen LogP contribution in [0.4, 0.5) is 8.78 Å². The average Bonchev–Trinajstić information content (AvgIpc) is 3.60. The van der Waals surface area contributed by atoms with Gasteiger partial charge in [-0.3, -0.25) is 20.4 Å². The summed E-state index contributed by atoms with van der Waals surface area (Å²) in [5.41, 5.74) is 6.02. The van der Waals surface area contributed by atoms with Crippen molar-refractivity contribution in [1.29, 1.82) is 10.8 Å². The Morgan fingerprint density at radius 3 is 2.30 bits per heavy atom. The van der Waals surface area contributed by atoms with Crippen LogP contribution in [0.25, 0.3) is 17.8 Å². The standard InChI is InChI=1S/C21H19F2N5.C6H13N.C5H10N2O.CH3NO/c1-4-17(6-5-14(2)22)21(25)15(3)18-7-8-20(24)28(27-18)12-10-16-9-11-26-19(23)13-16;1-7-6-4-2-3-5-6;8-5-7-3-1-6-2-4-7;2-1-3/h4-13,24-25H,2-3H2,1H3;6-7H,2-5H2,1H3;5-6H,1-4H2;1H,(H2,2,3)/b6-5-,12-10+,17-4+,24-20?,25-21?;;;. The van der Waals surface area contributed by atoms with Gasteiger partial charge in [-0.15, -0.1) is 0 Å². The van der Waals surface area contributed by atoms with Gasteiger partial charge in [0.15, 0.2) is 0 Å². The van der Waals surface area contributed by atoms with Crippen LogP contribution < -0.4 is 21.9 Å². The molecule has 2 fully saturated rings. The number of hydrogen-bond acceptors (Lipinski definition) is 8. The molecule has 0 aromatic carbocycles. The molecule has 3 heterocycles. The summed E-state index contributed by atoms with van der Waals surface area (Å²) in [6, 6.07) is 6.79. The minimum absolute atomic E-state index is 0.0666. The van der Waals surface area contributed by atoms with E-state index >= 15 is 0 Å². The number of carbonyl (C=O) groups is 2. The largest absolute Gasteiger partial charge is 0.372 e. The fourth-order valence-corrected chi connectivity index (χ4v) is 4.20. The van der Waals surface area contributed by atoms with Crippen molar-refractivity contribution in [3.8, 4) is 0 Å². The van der Waals surface area contributed by atoms with Crippen molar-refractivity contribution in [3.63, 3.8) is 0 Å². The Labute approximate surface area is 269 Å². The first-order valence-corrected chi connectivity index (χ1v) is 14.7. The number of rotatable bonds is 9. The number of nitrogens with zero attached hydrogens (tertiary/aromatic N) is 4. The van der Waals surface area contributed by atoms with Gasteiger partial charge in [0.05, 0.1) is 11.4 Å². The normalized spacial score (nSPS) is 14.7. The van der Waals surface area contributed by atoms with Gasteiger partial charge in [-0.1, -0.05) is 38.2 Å². The Morgan fingerprint density at radius 2 is 1.80 bits per heavy atom. The van der Waals surface area contributed by atoms with Crippen molar-refractivity contribution in [1.82, 2.24) is 30.3 Å². The molecule has 0 unspecified atom stereocenters. The summed E-state index contributed by atoms with van der Waals surface area (Å²) < 4.78 is 27.3. The van der Waals surface area contributed by atoms with Gasteiger partial charge < -0.3 is 21.3 Å². The van der Waals surface area contributed by atoms with Crippen molar-refractivity contribution in [2.45, 2.75) is 38.6 Å². The molecular formula is C33H45F2N9O2. The zero-order valence-electron chi connectivity index (χ0n) is 26.5. The molecule has 2 aromatic rings. The third kappa shape index (κ3) is 15.2. The summed E-state index contributed by atoms with van der Waals surface area (Å²) in [6.07, 6.45) is 15.5. The lowest BCUT2D eigenvalue weighted by Gasteiger charge is -2.22. The van der Waals surface area contributed by atoms with Gasteiger partial charge in [0.2, 0.25) is 18.8 Å². The van der Waals surface area contributed by atoms with Crippen LogP contribution in [0.1, 0.15) is 43.9 Å². The van der Waals surface area contributed by atoms with E-state index in [1.807, 2.05) is 0 Å². The molecule has 0 bridgehead atoms. The second-order valence-electron chi connectivity index (χ2n) is 9.95. The first-order chi connectivity index (χ1) is 22.1. The van der Waals surface area contributed by atoms with Crippen LogP contribution in [-0.4, -0.2) is 77.5 Å². The summed E-state index contributed by atoms with van der Waals surface area (Å²) in [4.78, 5) is 23.9. The van der Waals surface area contributed by atoms with Gasteiger partial charge in [-0.2, -0.15) is 9.49 Å². The topological polar surface area (TPSA) is 166 Å². The molecule has 1 saturated heterocycles. The van der Waals surface area contributed by atoms with Crippen LogP contribution in [0, 0.1) is 16.8 Å². The lowest BCUT2D eigenvalue weighted by atomic mass is 10.0. The van der Waals surface area contributed by atoms with E-state index in [-0.39, 0.29) is 17.6 Å². The van der Waals surface area contributed by atoms with E-state index in [0.29, 0.717) is 22.4 Å². The lowest BCUT2D eigenvalue weighted by molar-refractivity contribution is -0.118. The highest BCUT2D eigenvalue weighted by Crippen LogP contribution is 2.17. The number of aromatic nitrogens is 3. The van der Waals surface area contributed by atoms with E-state index in [0.717, 1.165) is 44.7 Å². The first-order valence-electron chi connectivity index (χ1n) is 14.7. The molecular weight excluding hydrogens is 592 g/mol. The molecule has 4 rings (SSSR count). The van der Waals surface area contributed by atoms with Crippen molar-refractivity contribution >= 4 is 36.4 Å². The van der Waals surface area contributed by atoms with Crippen LogP contribution in [-0.2, 0) is 9.59 Å². The number of hydrogen-bond donors (Lipinski definition) is 5. The zero-order valence-corrected chi connectivity index (χ0v) is 26.5. The summed E-state index contributed by atoms with van der Waals surface area (Å²) in [5.74, 6) is -1.23. The average molecular weight is 638 g/mol. The zero-order chi connectivity index (χ0) is 34.3. The third-order valence-corrected chi connectivity index (χ3v) is 6.74. The Morgan fingerprint density at radius 1 is 1.15 bits per heavy atom. The predicted octanol–water partition coefficient (Wildman–Crippen LogP) is 3.84. The minimum Gasteiger partial charge on any atom is -0.372 e. The van der Waals surface area contributed by atoms with Gasteiger partial charge in [0, 0.05) is 56.3 Å². The molecule has 11 nitrogen and oxygen atoms in total. The Hall–Kier alpha value is -4.88. The predicted molar refractivity (Wildman–Crippen MR) is 179 cm³/mol. The molecule has 248 valence electrons. The Bertz CT molecular complexity index is 1440. The smallest absolute Gasteiger partial charge is 0.213 e. The van der Waals surface area contributed by atoms with Crippen LogP contribution in [0.5, 0.6) is 0 Å². The number of nitrogens with two attached hydrogens (primary N) is 1. The maximum atomic E-state index is 13.2. The maximum Gasteiger partial charge on any atom is 0.213 e. The number of pyridine rings is 1.